The molecule has 4 N–H and O–H groups in total. The highest BCUT2D eigenvalue weighted by Crippen LogP contribution is 2.26. The average molecular weight is 514 g/mol. The van der Waals surface area contributed by atoms with Gasteiger partial charge < -0.3 is 26.1 Å². The number of nitrogens with zero attached hydrogens (tertiary/aromatic N) is 2. The smallest absolute Gasteiger partial charge is 0.298 e. The number of unbranched alkanes of at least 4 members (excludes halogenated alkanes) is 1. The molecule has 198 valence electrons. The molecule has 0 aliphatic carbocycles. The molecule has 38 heavy (non-hydrogen) atoms. The van der Waals surface area contributed by atoms with Crippen LogP contribution in [0.25, 0.3) is 0 Å². The number of primary amides is 1. The number of hydrogen-bond donors (Lipinski definition) is 3. The Labute approximate surface area is 224 Å². The van der Waals surface area contributed by atoms with Crippen LogP contribution in [-0.4, -0.2) is 53.9 Å². The highest BCUT2D eigenvalue weighted by atomic mass is 16.5. The summed E-state index contributed by atoms with van der Waals surface area (Å²) in [6.07, 6.45) is 4.22. The van der Waals surface area contributed by atoms with Gasteiger partial charge in [-0.25, -0.2) is 0 Å². The minimum Gasteiger partial charge on any atom is -0.457 e. The van der Waals surface area contributed by atoms with E-state index in [9.17, 15) is 9.59 Å². The maximum atomic E-state index is 12.5. The summed E-state index contributed by atoms with van der Waals surface area (Å²) in [5, 5.41) is 12.2. The Hall–Kier alpha value is -4.12. The molecule has 8 heteroatoms. The molecule has 0 spiro atoms. The van der Waals surface area contributed by atoms with Crippen molar-refractivity contribution in [2.24, 2.45) is 22.6 Å². The fraction of sp³-hybridized carbons (Fsp3) is 0.400. The van der Waals surface area contributed by atoms with Gasteiger partial charge >= 0.3 is 0 Å². The van der Waals surface area contributed by atoms with E-state index in [2.05, 4.69) is 22.2 Å². The maximum absolute atomic E-state index is 12.5. The van der Waals surface area contributed by atoms with E-state index in [0.717, 1.165) is 37.9 Å². The number of piperidine rings is 1. The summed E-state index contributed by atoms with van der Waals surface area (Å²) < 4.78 is 5.84. The van der Waals surface area contributed by atoms with Gasteiger partial charge in [-0.05, 0) is 79.5 Å². The van der Waals surface area contributed by atoms with Gasteiger partial charge in [0.2, 0.25) is 5.91 Å². The van der Waals surface area contributed by atoms with Gasteiger partial charge in [-0.15, -0.1) is 0 Å². The first kappa shape index (κ1) is 26.9. The number of carbonyl (C=O) groups excluding carboxylic acids is 2. The van der Waals surface area contributed by atoms with E-state index in [1.54, 1.807) is 24.3 Å². The monoisotopic (exact) mass is 513 g/mol. The summed E-state index contributed by atoms with van der Waals surface area (Å²) in [5.41, 5.74) is 6.46. The van der Waals surface area contributed by atoms with Gasteiger partial charge in [0, 0.05) is 32.1 Å². The quantitative estimate of drug-likeness (QED) is 0.368. The molecule has 8 nitrogen and oxygen atoms in total. The Balaban J connectivity index is 1.37. The van der Waals surface area contributed by atoms with E-state index in [-0.39, 0.29) is 17.7 Å². The zero-order valence-corrected chi connectivity index (χ0v) is 21.8. The van der Waals surface area contributed by atoms with Gasteiger partial charge in [0.1, 0.15) is 23.3 Å². The Morgan fingerprint density at radius 3 is 2.45 bits per heavy atom. The Bertz CT molecular complexity index is 1220. The SMILES string of the molecule is CCCC#CC(=O)N1CCC(C2CCN=C(C(C(=N)c3ccc(Oc4ccccc4)cc3)C(N)=O)N2)CC1. The fourth-order valence-electron chi connectivity index (χ4n) is 4.91. The highest BCUT2D eigenvalue weighted by molar-refractivity contribution is 6.25. The first-order chi connectivity index (χ1) is 18.5. The number of aliphatic imine (C=N–C) groups is 1. The van der Waals surface area contributed by atoms with Crippen LogP contribution in [0.2, 0.25) is 0 Å². The number of amides is 2. The number of benzene rings is 2. The molecule has 1 saturated heterocycles. The van der Waals surface area contributed by atoms with Crippen molar-refractivity contribution in [3.8, 4) is 23.3 Å². The normalized spacial score (nSPS) is 18.3. The third-order valence-corrected chi connectivity index (χ3v) is 7.01. The summed E-state index contributed by atoms with van der Waals surface area (Å²) in [6.45, 7) is 3.94. The molecule has 0 aromatic heterocycles. The maximum Gasteiger partial charge on any atom is 0.298 e. The molecule has 2 heterocycles. The minimum atomic E-state index is -0.964. The summed E-state index contributed by atoms with van der Waals surface area (Å²) in [6, 6.07) is 16.6. The summed E-state index contributed by atoms with van der Waals surface area (Å²) in [4.78, 5) is 31.2. The predicted octanol–water partition coefficient (Wildman–Crippen LogP) is 3.75. The van der Waals surface area contributed by atoms with Crippen LogP contribution >= 0.6 is 0 Å². The highest BCUT2D eigenvalue weighted by Gasteiger charge is 2.35. The van der Waals surface area contributed by atoms with Crippen LogP contribution in [0.3, 0.4) is 0 Å². The zero-order valence-electron chi connectivity index (χ0n) is 21.8. The molecule has 2 atom stereocenters. The molecule has 2 aromatic carbocycles. The van der Waals surface area contributed by atoms with Crippen LogP contribution in [0.4, 0.5) is 0 Å². The number of carbonyl (C=O) groups is 2. The predicted molar refractivity (Wildman–Crippen MR) is 148 cm³/mol. The van der Waals surface area contributed by atoms with Crippen LogP contribution in [0.1, 0.15) is 44.6 Å². The van der Waals surface area contributed by atoms with Crippen molar-refractivity contribution in [3.05, 3.63) is 60.2 Å². The first-order valence-corrected chi connectivity index (χ1v) is 13.3. The van der Waals surface area contributed by atoms with E-state index in [0.29, 0.717) is 42.7 Å². The number of ether oxygens (including phenoxy) is 1. The number of nitrogens with two attached hydrogens (primary N) is 1. The minimum absolute atomic E-state index is 0.0988. The van der Waals surface area contributed by atoms with Crippen molar-refractivity contribution in [1.29, 1.82) is 5.41 Å². The Kier molecular flexibility index (Phi) is 9.15. The average Bonchev–Trinajstić information content (AvgIpc) is 2.94. The fourth-order valence-corrected chi connectivity index (χ4v) is 4.91. The summed E-state index contributed by atoms with van der Waals surface area (Å²) >= 11 is 0. The van der Waals surface area contributed by atoms with Crippen molar-refractivity contribution in [2.75, 3.05) is 19.6 Å². The van der Waals surface area contributed by atoms with E-state index in [4.69, 9.17) is 15.9 Å². The van der Waals surface area contributed by atoms with Crippen LogP contribution in [0, 0.1) is 29.1 Å². The van der Waals surface area contributed by atoms with Crippen molar-refractivity contribution < 1.29 is 14.3 Å². The molecular formula is C30H35N5O3. The van der Waals surface area contributed by atoms with Crippen molar-refractivity contribution in [1.82, 2.24) is 10.2 Å². The number of hydrogen-bond acceptors (Lipinski definition) is 6. The van der Waals surface area contributed by atoms with Crippen LogP contribution in [-0.2, 0) is 9.59 Å². The number of rotatable bonds is 8. The van der Waals surface area contributed by atoms with Crippen LogP contribution < -0.4 is 15.8 Å². The molecule has 2 unspecified atom stereocenters. The molecule has 1 fully saturated rings. The van der Waals surface area contributed by atoms with Gasteiger partial charge in [0.15, 0.2) is 0 Å². The van der Waals surface area contributed by atoms with E-state index in [1.165, 1.54) is 0 Å². The van der Waals surface area contributed by atoms with E-state index >= 15 is 0 Å². The molecule has 2 aromatic rings. The second-order valence-electron chi connectivity index (χ2n) is 9.68. The lowest BCUT2D eigenvalue weighted by Crippen LogP contribution is -2.53. The number of para-hydroxylation sites is 1. The molecule has 2 aliphatic rings. The Morgan fingerprint density at radius 2 is 1.79 bits per heavy atom. The number of likely N-dealkylation sites (tertiary alicyclic amines) is 1. The van der Waals surface area contributed by atoms with Gasteiger partial charge in [-0.3, -0.25) is 14.6 Å². The molecule has 0 bridgehead atoms. The van der Waals surface area contributed by atoms with Gasteiger partial charge in [0.25, 0.3) is 5.91 Å². The van der Waals surface area contributed by atoms with Crippen molar-refractivity contribution >= 4 is 23.4 Å². The number of nitrogens with one attached hydrogen (secondary N) is 2. The lowest BCUT2D eigenvalue weighted by atomic mass is 9.85. The molecule has 2 amide bonds. The topological polar surface area (TPSA) is 121 Å². The van der Waals surface area contributed by atoms with Crippen molar-refractivity contribution in [2.45, 2.75) is 45.1 Å². The second-order valence-corrected chi connectivity index (χ2v) is 9.68. The Morgan fingerprint density at radius 1 is 1.11 bits per heavy atom. The van der Waals surface area contributed by atoms with E-state index in [1.807, 2.05) is 42.2 Å². The third-order valence-electron chi connectivity index (χ3n) is 7.01. The van der Waals surface area contributed by atoms with Crippen LogP contribution in [0.15, 0.2) is 59.6 Å². The lowest BCUT2D eigenvalue weighted by Gasteiger charge is -2.38. The number of amidine groups is 1. The molecule has 0 radical (unpaired) electrons. The largest absolute Gasteiger partial charge is 0.457 e. The molecular weight excluding hydrogens is 478 g/mol. The first-order valence-electron chi connectivity index (χ1n) is 13.3. The summed E-state index contributed by atoms with van der Waals surface area (Å²) in [5.74, 6) is 6.15. The standard InChI is InChI=1S/C30H35N5O3/c1-2-3-5-10-26(36)35-19-16-21(17-20-35)25-15-18-33-30(34-25)27(29(32)37)28(31)22-11-13-24(14-12-22)38-23-8-6-4-7-9-23/h4,6-9,11-14,21,25,27,31H,2-3,15-20H2,1H3,(H2,32,37)(H,33,34). The summed E-state index contributed by atoms with van der Waals surface area (Å²) in [7, 11) is 0. The lowest BCUT2D eigenvalue weighted by molar-refractivity contribution is -0.126. The third kappa shape index (κ3) is 6.80. The van der Waals surface area contributed by atoms with E-state index < -0.39 is 11.8 Å². The van der Waals surface area contributed by atoms with Gasteiger partial charge in [-0.2, -0.15) is 0 Å². The van der Waals surface area contributed by atoms with Gasteiger partial charge in [0.05, 0.1) is 5.71 Å². The second kappa shape index (κ2) is 12.9. The van der Waals surface area contributed by atoms with Crippen molar-refractivity contribution in [3.63, 3.8) is 0 Å². The molecule has 2 aliphatic heterocycles. The molecule has 4 rings (SSSR count). The van der Waals surface area contributed by atoms with Gasteiger partial charge in [-0.1, -0.05) is 31.0 Å². The zero-order chi connectivity index (χ0) is 26.9. The molecule has 0 saturated carbocycles. The van der Waals surface area contributed by atoms with Crippen LogP contribution in [0.5, 0.6) is 11.5 Å².